The van der Waals surface area contributed by atoms with Crippen LogP contribution in [0, 0.1) is 0 Å². The Balaban J connectivity index is 2.71. The van der Waals surface area contributed by atoms with Crippen LogP contribution in [0.4, 0.5) is 4.79 Å². The Bertz CT molecular complexity index is 428. The fourth-order valence-electron chi connectivity index (χ4n) is 1.94. The molecule has 1 amide bonds. The van der Waals surface area contributed by atoms with Crippen LogP contribution >= 0.6 is 0 Å². The molecule has 0 aliphatic heterocycles. The van der Waals surface area contributed by atoms with E-state index in [1.807, 2.05) is 30.3 Å². The van der Waals surface area contributed by atoms with E-state index in [2.05, 4.69) is 5.32 Å². The summed E-state index contributed by atoms with van der Waals surface area (Å²) in [7, 11) is 0. The third-order valence-corrected chi connectivity index (χ3v) is 2.89. The van der Waals surface area contributed by atoms with E-state index in [0.717, 1.165) is 5.56 Å². The van der Waals surface area contributed by atoms with Gasteiger partial charge < -0.3 is 20.3 Å². The van der Waals surface area contributed by atoms with Crippen LogP contribution in [0.1, 0.15) is 32.8 Å². The minimum absolute atomic E-state index is 0.136. The number of aliphatic hydroxyl groups is 2. The fraction of sp³-hybridized carbons (Fsp3) is 0.562. The molecule has 2 unspecified atom stereocenters. The molecule has 0 bridgehead atoms. The maximum atomic E-state index is 11.9. The standard InChI is InChI=1S/C16H25NO4/c1-16(2,3)21-15(20)17-13(14(19)9-10-18)11-12-7-5-4-6-8-12/h4-8,13-14,18-19H,9-11H2,1-3H3,(H,17,20). The first-order chi connectivity index (χ1) is 9.81. The number of nitrogens with one attached hydrogen (secondary N) is 1. The Morgan fingerprint density at radius 3 is 2.43 bits per heavy atom. The predicted octanol–water partition coefficient (Wildman–Crippen LogP) is 1.87. The number of ether oxygens (including phenoxy) is 1. The van der Waals surface area contributed by atoms with E-state index >= 15 is 0 Å². The van der Waals surface area contributed by atoms with Gasteiger partial charge in [0, 0.05) is 6.61 Å². The second-order valence-corrected chi connectivity index (χ2v) is 6.02. The summed E-state index contributed by atoms with van der Waals surface area (Å²) in [6.07, 6.45) is -0.725. The van der Waals surface area contributed by atoms with Gasteiger partial charge in [0.2, 0.25) is 0 Å². The average molecular weight is 295 g/mol. The highest BCUT2D eigenvalue weighted by Crippen LogP contribution is 2.11. The summed E-state index contributed by atoms with van der Waals surface area (Å²) in [5, 5.41) is 21.7. The van der Waals surface area contributed by atoms with Crippen molar-refractivity contribution in [3.05, 3.63) is 35.9 Å². The number of carbonyl (C=O) groups excluding carboxylic acids is 1. The van der Waals surface area contributed by atoms with Crippen LogP contribution in [0.15, 0.2) is 30.3 Å². The molecule has 0 saturated carbocycles. The molecule has 0 aromatic heterocycles. The van der Waals surface area contributed by atoms with Gasteiger partial charge in [0.25, 0.3) is 0 Å². The normalized spacial score (nSPS) is 14.3. The van der Waals surface area contributed by atoms with Crippen molar-refractivity contribution in [1.82, 2.24) is 5.32 Å². The average Bonchev–Trinajstić information content (AvgIpc) is 2.37. The van der Waals surface area contributed by atoms with E-state index in [4.69, 9.17) is 9.84 Å². The Morgan fingerprint density at radius 2 is 1.90 bits per heavy atom. The number of benzene rings is 1. The zero-order valence-electron chi connectivity index (χ0n) is 12.9. The van der Waals surface area contributed by atoms with Crippen molar-refractivity contribution in [3.8, 4) is 0 Å². The Labute approximate surface area is 125 Å². The van der Waals surface area contributed by atoms with Gasteiger partial charge in [-0.05, 0) is 39.2 Å². The molecule has 0 radical (unpaired) electrons. The van der Waals surface area contributed by atoms with Crippen molar-refractivity contribution < 1.29 is 19.7 Å². The zero-order chi connectivity index (χ0) is 15.9. The summed E-state index contributed by atoms with van der Waals surface area (Å²) in [5.74, 6) is 0. The van der Waals surface area contributed by atoms with Gasteiger partial charge in [0.15, 0.2) is 0 Å². The first-order valence-corrected chi connectivity index (χ1v) is 7.14. The number of aliphatic hydroxyl groups excluding tert-OH is 2. The highest BCUT2D eigenvalue weighted by atomic mass is 16.6. The van der Waals surface area contributed by atoms with Crippen LogP contribution in [0.3, 0.4) is 0 Å². The van der Waals surface area contributed by atoms with E-state index in [-0.39, 0.29) is 13.0 Å². The lowest BCUT2D eigenvalue weighted by molar-refractivity contribution is 0.0390. The van der Waals surface area contributed by atoms with Crippen LogP contribution in [-0.4, -0.2) is 40.7 Å². The van der Waals surface area contributed by atoms with Gasteiger partial charge in [-0.25, -0.2) is 4.79 Å². The molecule has 5 nitrogen and oxygen atoms in total. The summed E-state index contributed by atoms with van der Waals surface area (Å²) in [5.41, 5.74) is 0.402. The maximum absolute atomic E-state index is 11.9. The van der Waals surface area contributed by atoms with Gasteiger partial charge in [-0.3, -0.25) is 0 Å². The van der Waals surface area contributed by atoms with E-state index in [0.29, 0.717) is 6.42 Å². The molecule has 0 fully saturated rings. The van der Waals surface area contributed by atoms with Crippen molar-refractivity contribution in [2.45, 2.75) is 51.4 Å². The number of hydrogen-bond acceptors (Lipinski definition) is 4. The molecule has 0 aliphatic carbocycles. The number of rotatable bonds is 6. The third-order valence-electron chi connectivity index (χ3n) is 2.89. The maximum Gasteiger partial charge on any atom is 0.407 e. The number of hydrogen-bond donors (Lipinski definition) is 3. The molecular weight excluding hydrogens is 270 g/mol. The van der Waals surface area contributed by atoms with Gasteiger partial charge in [-0.2, -0.15) is 0 Å². The van der Waals surface area contributed by atoms with E-state index < -0.39 is 23.8 Å². The Kier molecular flexibility index (Phi) is 6.65. The van der Waals surface area contributed by atoms with Crippen molar-refractivity contribution >= 4 is 6.09 Å². The molecule has 1 rings (SSSR count). The van der Waals surface area contributed by atoms with Gasteiger partial charge in [-0.15, -0.1) is 0 Å². The quantitative estimate of drug-likeness (QED) is 0.748. The largest absolute Gasteiger partial charge is 0.444 e. The molecule has 1 aromatic carbocycles. The summed E-state index contributed by atoms with van der Waals surface area (Å²) < 4.78 is 5.21. The molecule has 3 N–H and O–H groups in total. The van der Waals surface area contributed by atoms with Crippen LogP contribution in [-0.2, 0) is 11.2 Å². The van der Waals surface area contributed by atoms with Gasteiger partial charge in [0.05, 0.1) is 12.1 Å². The SMILES string of the molecule is CC(C)(C)OC(=O)NC(Cc1ccccc1)C(O)CCO. The fourth-order valence-corrected chi connectivity index (χ4v) is 1.94. The molecule has 0 aliphatic rings. The van der Waals surface area contributed by atoms with Crippen LogP contribution < -0.4 is 5.32 Å². The molecule has 1 aromatic rings. The molecule has 21 heavy (non-hydrogen) atoms. The van der Waals surface area contributed by atoms with Crippen LogP contribution in [0.5, 0.6) is 0 Å². The second kappa shape index (κ2) is 8.00. The van der Waals surface area contributed by atoms with E-state index in [1.54, 1.807) is 20.8 Å². The van der Waals surface area contributed by atoms with Gasteiger partial charge >= 0.3 is 6.09 Å². The number of carbonyl (C=O) groups is 1. The minimum atomic E-state index is -0.831. The third kappa shape index (κ3) is 7.11. The molecule has 2 atom stereocenters. The van der Waals surface area contributed by atoms with Gasteiger partial charge in [-0.1, -0.05) is 30.3 Å². The van der Waals surface area contributed by atoms with E-state index in [9.17, 15) is 9.90 Å². The summed E-state index contributed by atoms with van der Waals surface area (Å²) in [6, 6.07) is 9.06. The second-order valence-electron chi connectivity index (χ2n) is 6.02. The molecule has 0 saturated heterocycles. The van der Waals surface area contributed by atoms with E-state index in [1.165, 1.54) is 0 Å². The summed E-state index contributed by atoms with van der Waals surface area (Å²) >= 11 is 0. The molecule has 118 valence electrons. The monoisotopic (exact) mass is 295 g/mol. The predicted molar refractivity (Wildman–Crippen MR) is 81.0 cm³/mol. The lowest BCUT2D eigenvalue weighted by Crippen LogP contribution is -2.47. The van der Waals surface area contributed by atoms with Crippen molar-refractivity contribution in [2.24, 2.45) is 0 Å². The summed E-state index contributed by atoms with van der Waals surface area (Å²) in [4.78, 5) is 11.9. The van der Waals surface area contributed by atoms with Gasteiger partial charge in [0.1, 0.15) is 5.60 Å². The van der Waals surface area contributed by atoms with Crippen molar-refractivity contribution in [3.63, 3.8) is 0 Å². The molecule has 0 spiro atoms. The number of alkyl carbamates (subject to hydrolysis) is 1. The first kappa shape index (κ1) is 17.5. The smallest absolute Gasteiger partial charge is 0.407 e. The van der Waals surface area contributed by atoms with Crippen molar-refractivity contribution in [1.29, 1.82) is 0 Å². The van der Waals surface area contributed by atoms with Crippen molar-refractivity contribution in [2.75, 3.05) is 6.61 Å². The lowest BCUT2D eigenvalue weighted by atomic mass is 9.99. The first-order valence-electron chi connectivity index (χ1n) is 7.14. The highest BCUT2D eigenvalue weighted by Gasteiger charge is 2.24. The molecule has 0 heterocycles. The summed E-state index contributed by atoms with van der Waals surface area (Å²) in [6.45, 7) is 5.21. The molecule has 5 heteroatoms. The zero-order valence-corrected chi connectivity index (χ0v) is 12.9. The topological polar surface area (TPSA) is 78.8 Å². The van der Waals surface area contributed by atoms with Crippen LogP contribution in [0.25, 0.3) is 0 Å². The lowest BCUT2D eigenvalue weighted by Gasteiger charge is -2.26. The molecular formula is C16H25NO4. The number of amides is 1. The highest BCUT2D eigenvalue weighted by molar-refractivity contribution is 5.68. The van der Waals surface area contributed by atoms with Crippen LogP contribution in [0.2, 0.25) is 0 Å². The minimum Gasteiger partial charge on any atom is -0.444 e. The Morgan fingerprint density at radius 1 is 1.29 bits per heavy atom. The Hall–Kier alpha value is -1.59.